The van der Waals surface area contributed by atoms with E-state index in [1.165, 1.54) is 5.56 Å². The highest BCUT2D eigenvalue weighted by atomic mass is 32.2. The molecular formula is C15H24N2O2S. The molecule has 0 aliphatic carbocycles. The largest absolute Gasteiger partial charge is 0.304 e. The highest BCUT2D eigenvalue weighted by molar-refractivity contribution is 7.89. The van der Waals surface area contributed by atoms with Gasteiger partial charge in [0.05, 0.1) is 4.90 Å². The Labute approximate surface area is 122 Å². The van der Waals surface area contributed by atoms with Crippen molar-refractivity contribution in [2.24, 2.45) is 5.92 Å². The summed E-state index contributed by atoms with van der Waals surface area (Å²) < 4.78 is 26.7. The van der Waals surface area contributed by atoms with Gasteiger partial charge >= 0.3 is 0 Å². The summed E-state index contributed by atoms with van der Waals surface area (Å²) in [6, 6.07) is 7.35. The minimum atomic E-state index is -3.32. The van der Waals surface area contributed by atoms with Crippen molar-refractivity contribution in [3.8, 4) is 0 Å². The number of nitrogens with zero attached hydrogens (tertiary/aromatic N) is 2. The molecule has 5 heteroatoms. The van der Waals surface area contributed by atoms with E-state index < -0.39 is 10.0 Å². The number of benzene rings is 1. The van der Waals surface area contributed by atoms with Gasteiger partial charge in [0.15, 0.2) is 0 Å². The molecule has 1 aromatic carbocycles. The van der Waals surface area contributed by atoms with Crippen molar-refractivity contribution in [2.45, 2.75) is 25.2 Å². The van der Waals surface area contributed by atoms with Gasteiger partial charge in [0.2, 0.25) is 10.0 Å². The van der Waals surface area contributed by atoms with Gasteiger partial charge in [0.1, 0.15) is 0 Å². The Morgan fingerprint density at radius 3 is 2.10 bits per heavy atom. The Balaban J connectivity index is 2.13. The molecule has 0 aromatic heterocycles. The van der Waals surface area contributed by atoms with E-state index in [9.17, 15) is 8.42 Å². The van der Waals surface area contributed by atoms with E-state index in [4.69, 9.17) is 0 Å². The van der Waals surface area contributed by atoms with Gasteiger partial charge in [-0.3, -0.25) is 0 Å². The van der Waals surface area contributed by atoms with Crippen LogP contribution in [0.5, 0.6) is 0 Å². The Hall–Kier alpha value is -0.910. The smallest absolute Gasteiger partial charge is 0.243 e. The fourth-order valence-corrected chi connectivity index (χ4v) is 3.87. The molecule has 0 saturated carbocycles. The fraction of sp³-hybridized carbons (Fsp3) is 0.600. The third-order valence-electron chi connectivity index (χ3n) is 3.67. The van der Waals surface area contributed by atoms with E-state index in [-0.39, 0.29) is 0 Å². The standard InChI is InChI=1S/C15H24N2O2S/c1-13(2)12-14-4-6-15(7-5-14)20(18,19)17-10-8-16(3)9-11-17/h4-7,13H,8-12H2,1-3H3. The van der Waals surface area contributed by atoms with Crippen LogP contribution < -0.4 is 0 Å². The quantitative estimate of drug-likeness (QED) is 0.851. The first-order valence-electron chi connectivity index (χ1n) is 7.17. The molecule has 0 radical (unpaired) electrons. The second-order valence-electron chi connectivity index (χ2n) is 5.95. The van der Waals surface area contributed by atoms with Crippen LogP contribution in [0, 0.1) is 5.92 Å². The minimum absolute atomic E-state index is 0.412. The fourth-order valence-electron chi connectivity index (χ4n) is 2.45. The van der Waals surface area contributed by atoms with E-state index >= 15 is 0 Å². The molecule has 20 heavy (non-hydrogen) atoms. The van der Waals surface area contributed by atoms with Gasteiger partial charge in [-0.1, -0.05) is 26.0 Å². The summed E-state index contributed by atoms with van der Waals surface area (Å²) in [5, 5.41) is 0. The summed E-state index contributed by atoms with van der Waals surface area (Å²) in [6.45, 7) is 7.07. The van der Waals surface area contributed by atoms with Crippen LogP contribution in [-0.2, 0) is 16.4 Å². The average Bonchev–Trinajstić information content (AvgIpc) is 2.39. The van der Waals surface area contributed by atoms with Gasteiger partial charge in [-0.2, -0.15) is 4.31 Å². The van der Waals surface area contributed by atoms with Crippen LogP contribution in [0.1, 0.15) is 19.4 Å². The number of piperazine rings is 1. The Morgan fingerprint density at radius 2 is 1.60 bits per heavy atom. The number of hydrogen-bond donors (Lipinski definition) is 0. The molecule has 0 N–H and O–H groups in total. The normalized spacial score (nSPS) is 18.6. The maximum Gasteiger partial charge on any atom is 0.243 e. The lowest BCUT2D eigenvalue weighted by Gasteiger charge is -2.31. The third kappa shape index (κ3) is 3.59. The maximum absolute atomic E-state index is 12.5. The van der Waals surface area contributed by atoms with Crippen molar-refractivity contribution in [2.75, 3.05) is 33.2 Å². The molecule has 0 atom stereocenters. The molecule has 1 aliphatic rings. The highest BCUT2D eigenvalue weighted by Gasteiger charge is 2.27. The van der Waals surface area contributed by atoms with Crippen molar-refractivity contribution in [1.82, 2.24) is 9.21 Å². The van der Waals surface area contributed by atoms with Crippen LogP contribution in [-0.4, -0.2) is 50.8 Å². The first-order valence-corrected chi connectivity index (χ1v) is 8.61. The van der Waals surface area contributed by atoms with Gasteiger partial charge < -0.3 is 4.90 Å². The van der Waals surface area contributed by atoms with Crippen LogP contribution in [0.4, 0.5) is 0 Å². The molecule has 112 valence electrons. The summed E-state index contributed by atoms with van der Waals surface area (Å²) in [5.41, 5.74) is 1.19. The van der Waals surface area contributed by atoms with Gasteiger partial charge in [-0.25, -0.2) is 8.42 Å². The first-order chi connectivity index (χ1) is 9.39. The summed E-state index contributed by atoms with van der Waals surface area (Å²) in [4.78, 5) is 2.56. The zero-order chi connectivity index (χ0) is 14.8. The van der Waals surface area contributed by atoms with Gasteiger partial charge in [-0.05, 0) is 37.1 Å². The van der Waals surface area contributed by atoms with Crippen molar-refractivity contribution in [3.05, 3.63) is 29.8 Å². The molecule has 1 fully saturated rings. The Morgan fingerprint density at radius 1 is 1.05 bits per heavy atom. The summed E-state index contributed by atoms with van der Waals surface area (Å²) in [6.07, 6.45) is 0.981. The molecule has 1 aliphatic heterocycles. The van der Waals surface area contributed by atoms with Crippen LogP contribution in [0.25, 0.3) is 0 Å². The predicted molar refractivity (Wildman–Crippen MR) is 81.2 cm³/mol. The number of sulfonamides is 1. The topological polar surface area (TPSA) is 40.6 Å². The van der Waals surface area contributed by atoms with Crippen LogP contribution >= 0.6 is 0 Å². The lowest BCUT2D eigenvalue weighted by Crippen LogP contribution is -2.46. The number of hydrogen-bond acceptors (Lipinski definition) is 3. The van der Waals surface area contributed by atoms with Crippen molar-refractivity contribution in [1.29, 1.82) is 0 Å². The average molecular weight is 296 g/mol. The van der Waals surface area contributed by atoms with Crippen LogP contribution in [0.3, 0.4) is 0 Å². The molecule has 0 unspecified atom stereocenters. The third-order valence-corrected chi connectivity index (χ3v) is 5.58. The van der Waals surface area contributed by atoms with E-state index in [0.29, 0.717) is 23.9 Å². The molecule has 4 nitrogen and oxygen atoms in total. The molecule has 2 rings (SSSR count). The lowest BCUT2D eigenvalue weighted by atomic mass is 10.0. The van der Waals surface area contributed by atoms with Gasteiger partial charge in [0, 0.05) is 26.2 Å². The number of likely N-dealkylation sites (N-methyl/N-ethyl adjacent to an activating group) is 1. The monoisotopic (exact) mass is 296 g/mol. The van der Waals surface area contributed by atoms with E-state index in [1.54, 1.807) is 16.4 Å². The van der Waals surface area contributed by atoms with Gasteiger partial charge in [-0.15, -0.1) is 0 Å². The summed E-state index contributed by atoms with van der Waals surface area (Å²) in [5.74, 6) is 0.579. The first kappa shape index (κ1) is 15.5. The SMILES string of the molecule is CC(C)Cc1ccc(S(=O)(=O)N2CCN(C)CC2)cc1. The predicted octanol–water partition coefficient (Wildman–Crippen LogP) is 1.82. The molecule has 0 amide bonds. The zero-order valence-corrected chi connectivity index (χ0v) is 13.4. The summed E-state index contributed by atoms with van der Waals surface area (Å²) in [7, 11) is -1.31. The molecular weight excluding hydrogens is 272 g/mol. The number of rotatable bonds is 4. The maximum atomic E-state index is 12.5. The summed E-state index contributed by atoms with van der Waals surface area (Å²) >= 11 is 0. The van der Waals surface area contributed by atoms with Crippen LogP contribution in [0.15, 0.2) is 29.2 Å². The Bertz CT molecular complexity index is 529. The zero-order valence-electron chi connectivity index (χ0n) is 12.5. The van der Waals surface area contributed by atoms with Crippen LogP contribution in [0.2, 0.25) is 0 Å². The lowest BCUT2D eigenvalue weighted by molar-refractivity contribution is 0.222. The highest BCUT2D eigenvalue weighted by Crippen LogP contribution is 2.19. The molecule has 1 heterocycles. The minimum Gasteiger partial charge on any atom is -0.304 e. The Kier molecular flexibility index (Phi) is 4.83. The second kappa shape index (κ2) is 6.24. The van der Waals surface area contributed by atoms with E-state index in [2.05, 4.69) is 18.7 Å². The van der Waals surface area contributed by atoms with E-state index in [1.807, 2.05) is 19.2 Å². The molecule has 1 saturated heterocycles. The van der Waals surface area contributed by atoms with Crippen molar-refractivity contribution >= 4 is 10.0 Å². The van der Waals surface area contributed by atoms with E-state index in [0.717, 1.165) is 19.5 Å². The molecule has 0 spiro atoms. The molecule has 1 aromatic rings. The molecule has 0 bridgehead atoms. The van der Waals surface area contributed by atoms with Crippen molar-refractivity contribution < 1.29 is 8.42 Å². The second-order valence-corrected chi connectivity index (χ2v) is 7.89. The van der Waals surface area contributed by atoms with Gasteiger partial charge in [0.25, 0.3) is 0 Å². The van der Waals surface area contributed by atoms with Crippen molar-refractivity contribution in [3.63, 3.8) is 0 Å².